The number of hydrogen-bond acceptors (Lipinski definition) is 2. The van der Waals surface area contributed by atoms with Crippen LogP contribution in [0.3, 0.4) is 0 Å². The van der Waals surface area contributed by atoms with Crippen LogP contribution in [0.1, 0.15) is 39.0 Å². The summed E-state index contributed by atoms with van der Waals surface area (Å²) in [5.74, 6) is 0.282. The minimum absolute atomic E-state index is 0.208. The molecule has 2 rings (SSSR count). The van der Waals surface area contributed by atoms with Gasteiger partial charge in [-0.2, -0.15) is 0 Å². The van der Waals surface area contributed by atoms with Gasteiger partial charge in [-0.1, -0.05) is 13.3 Å². The normalized spacial score (nSPS) is 28.6. The maximum absolute atomic E-state index is 12.1. The first-order valence-corrected chi connectivity index (χ1v) is 6.88. The number of nitrogens with one attached hydrogen (secondary N) is 1. The third-order valence-corrected chi connectivity index (χ3v) is 4.14. The fraction of sp³-hybridized carbons (Fsp3) is 0.846. The summed E-state index contributed by atoms with van der Waals surface area (Å²) in [5.41, 5.74) is 0. The molecule has 5 heteroatoms. The van der Waals surface area contributed by atoms with Crippen molar-refractivity contribution in [3.63, 3.8) is 0 Å². The first kappa shape index (κ1) is 13.2. The smallest absolute Gasteiger partial charge is 0.326 e. The molecule has 1 heterocycles. The molecule has 5 nitrogen and oxygen atoms in total. The zero-order valence-electron chi connectivity index (χ0n) is 10.9. The quantitative estimate of drug-likeness (QED) is 0.805. The van der Waals surface area contributed by atoms with E-state index >= 15 is 0 Å². The second kappa shape index (κ2) is 5.59. The highest BCUT2D eigenvalue weighted by molar-refractivity contribution is 5.82. The molecule has 1 aliphatic heterocycles. The van der Waals surface area contributed by atoms with E-state index in [0.717, 1.165) is 13.1 Å². The van der Waals surface area contributed by atoms with Gasteiger partial charge in [0.1, 0.15) is 6.04 Å². The van der Waals surface area contributed by atoms with Gasteiger partial charge in [0, 0.05) is 13.1 Å². The third-order valence-electron chi connectivity index (χ3n) is 4.14. The molecule has 2 unspecified atom stereocenters. The van der Waals surface area contributed by atoms with E-state index in [-0.39, 0.29) is 6.03 Å². The molecule has 18 heavy (non-hydrogen) atoms. The van der Waals surface area contributed by atoms with E-state index < -0.39 is 12.0 Å². The van der Waals surface area contributed by atoms with Gasteiger partial charge in [-0.05, 0) is 37.5 Å². The molecular formula is C13H22N2O3. The van der Waals surface area contributed by atoms with Crippen LogP contribution in [0.2, 0.25) is 0 Å². The molecule has 0 aromatic rings. The standard InChI is InChI=1S/C13H22N2O3/c1-2-11(12(16)17)14-13(18)15-7-9-4-3-5-10(6-9)8-15/h9-11H,2-8H2,1H3,(H,14,18)(H,16,17)/t9?,10?,11-/m0/s1. The van der Waals surface area contributed by atoms with Crippen molar-refractivity contribution in [3.8, 4) is 0 Å². The molecule has 1 saturated heterocycles. The molecule has 1 saturated carbocycles. The van der Waals surface area contributed by atoms with Crippen LogP contribution >= 0.6 is 0 Å². The van der Waals surface area contributed by atoms with Crippen LogP contribution in [0, 0.1) is 11.8 Å². The SMILES string of the molecule is CC[C@H](NC(=O)N1CC2CCCC(C2)C1)C(=O)O. The number of amides is 2. The Morgan fingerprint density at radius 2 is 1.94 bits per heavy atom. The number of hydrogen-bond donors (Lipinski definition) is 2. The largest absolute Gasteiger partial charge is 0.480 e. The van der Waals surface area contributed by atoms with Crippen LogP contribution in [0.4, 0.5) is 4.79 Å². The summed E-state index contributed by atoms with van der Waals surface area (Å²) in [7, 11) is 0. The maximum Gasteiger partial charge on any atom is 0.326 e. The number of likely N-dealkylation sites (tertiary alicyclic amines) is 1. The Bertz CT molecular complexity index is 320. The van der Waals surface area contributed by atoms with Crippen molar-refractivity contribution in [2.75, 3.05) is 13.1 Å². The number of aliphatic carboxylic acids is 1. The zero-order chi connectivity index (χ0) is 13.1. The molecule has 2 fully saturated rings. The Balaban J connectivity index is 1.91. The van der Waals surface area contributed by atoms with Gasteiger partial charge in [0.05, 0.1) is 0 Å². The molecule has 2 amide bonds. The molecule has 2 bridgehead atoms. The number of piperidine rings is 1. The first-order chi connectivity index (χ1) is 8.60. The van der Waals surface area contributed by atoms with Crippen molar-refractivity contribution in [3.05, 3.63) is 0 Å². The minimum atomic E-state index is -0.956. The lowest BCUT2D eigenvalue weighted by Gasteiger charge is -2.41. The summed E-state index contributed by atoms with van der Waals surface area (Å²) >= 11 is 0. The lowest BCUT2D eigenvalue weighted by molar-refractivity contribution is -0.139. The van der Waals surface area contributed by atoms with Gasteiger partial charge < -0.3 is 15.3 Å². The molecule has 0 aromatic carbocycles. The Morgan fingerprint density at radius 3 is 2.44 bits per heavy atom. The van der Waals surface area contributed by atoms with Gasteiger partial charge in [0.15, 0.2) is 0 Å². The summed E-state index contributed by atoms with van der Waals surface area (Å²) < 4.78 is 0. The van der Waals surface area contributed by atoms with E-state index in [0.29, 0.717) is 18.3 Å². The Morgan fingerprint density at radius 1 is 1.33 bits per heavy atom. The second-order valence-corrected chi connectivity index (χ2v) is 5.55. The third kappa shape index (κ3) is 2.94. The van der Waals surface area contributed by atoms with Crippen LogP contribution in [0.25, 0.3) is 0 Å². The predicted octanol–water partition coefficient (Wildman–Crippen LogP) is 1.68. The van der Waals surface area contributed by atoms with Crippen LogP contribution < -0.4 is 5.32 Å². The minimum Gasteiger partial charge on any atom is -0.480 e. The fourth-order valence-electron chi connectivity index (χ4n) is 3.18. The summed E-state index contributed by atoms with van der Waals surface area (Å²) in [4.78, 5) is 24.8. The average molecular weight is 254 g/mol. The van der Waals surface area contributed by atoms with Gasteiger partial charge >= 0.3 is 12.0 Å². The molecule has 0 spiro atoms. The number of carboxylic acid groups (broad SMARTS) is 1. The number of urea groups is 1. The first-order valence-electron chi connectivity index (χ1n) is 6.88. The Labute approximate surface area is 108 Å². The predicted molar refractivity (Wildman–Crippen MR) is 67.3 cm³/mol. The van der Waals surface area contributed by atoms with Gasteiger partial charge in [0.2, 0.25) is 0 Å². The lowest BCUT2D eigenvalue weighted by Crippen LogP contribution is -2.53. The van der Waals surface area contributed by atoms with Crippen LogP contribution in [-0.2, 0) is 4.79 Å². The highest BCUT2D eigenvalue weighted by Gasteiger charge is 2.33. The molecule has 0 radical (unpaired) electrons. The van der Waals surface area contributed by atoms with Crippen LogP contribution in [0.15, 0.2) is 0 Å². The van der Waals surface area contributed by atoms with Crippen molar-refractivity contribution in [1.29, 1.82) is 0 Å². The highest BCUT2D eigenvalue weighted by atomic mass is 16.4. The number of fused-ring (bicyclic) bond motifs is 2. The number of nitrogens with zero attached hydrogens (tertiary/aromatic N) is 1. The fourth-order valence-corrected chi connectivity index (χ4v) is 3.18. The molecule has 3 atom stereocenters. The molecule has 0 aromatic heterocycles. The molecular weight excluding hydrogens is 232 g/mol. The van der Waals surface area contributed by atoms with E-state index in [1.165, 1.54) is 25.7 Å². The van der Waals surface area contributed by atoms with Crippen LogP contribution in [-0.4, -0.2) is 41.1 Å². The monoisotopic (exact) mass is 254 g/mol. The molecule has 102 valence electrons. The van der Waals surface area contributed by atoms with E-state index in [2.05, 4.69) is 5.32 Å². The average Bonchev–Trinajstić information content (AvgIpc) is 2.34. The van der Waals surface area contributed by atoms with Gasteiger partial charge in [-0.3, -0.25) is 0 Å². The zero-order valence-corrected chi connectivity index (χ0v) is 10.9. The Hall–Kier alpha value is -1.26. The van der Waals surface area contributed by atoms with Crippen molar-refractivity contribution >= 4 is 12.0 Å². The van der Waals surface area contributed by atoms with Gasteiger partial charge in [0.25, 0.3) is 0 Å². The second-order valence-electron chi connectivity index (χ2n) is 5.55. The van der Waals surface area contributed by atoms with Crippen molar-refractivity contribution in [2.24, 2.45) is 11.8 Å². The highest BCUT2D eigenvalue weighted by Crippen LogP contribution is 2.34. The summed E-state index contributed by atoms with van der Waals surface area (Å²) in [6.45, 7) is 3.35. The van der Waals surface area contributed by atoms with Crippen molar-refractivity contribution < 1.29 is 14.7 Å². The summed E-state index contributed by atoms with van der Waals surface area (Å²) in [5, 5.41) is 11.6. The molecule has 2 aliphatic rings. The van der Waals surface area contributed by atoms with E-state index in [1.807, 2.05) is 4.90 Å². The van der Waals surface area contributed by atoms with Crippen LogP contribution in [0.5, 0.6) is 0 Å². The number of carbonyl (C=O) groups is 2. The molecule has 2 N–H and O–H groups in total. The maximum atomic E-state index is 12.1. The Kier molecular flexibility index (Phi) is 4.09. The number of carboxylic acids is 1. The van der Waals surface area contributed by atoms with Crippen molar-refractivity contribution in [2.45, 2.75) is 45.1 Å². The summed E-state index contributed by atoms with van der Waals surface area (Å²) in [6.07, 6.45) is 5.34. The number of rotatable bonds is 3. The van der Waals surface area contributed by atoms with E-state index in [1.54, 1.807) is 6.92 Å². The topological polar surface area (TPSA) is 69.6 Å². The summed E-state index contributed by atoms with van der Waals surface area (Å²) in [6, 6.07) is -0.972. The van der Waals surface area contributed by atoms with E-state index in [9.17, 15) is 9.59 Å². The molecule has 1 aliphatic carbocycles. The van der Waals surface area contributed by atoms with Crippen molar-refractivity contribution in [1.82, 2.24) is 10.2 Å². The lowest BCUT2D eigenvalue weighted by atomic mass is 9.78. The van der Waals surface area contributed by atoms with E-state index in [4.69, 9.17) is 5.11 Å². The van der Waals surface area contributed by atoms with Gasteiger partial charge in [-0.15, -0.1) is 0 Å². The number of carbonyl (C=O) groups excluding carboxylic acids is 1. The van der Waals surface area contributed by atoms with Gasteiger partial charge in [-0.25, -0.2) is 9.59 Å².